The van der Waals surface area contributed by atoms with E-state index in [0.717, 1.165) is 28.2 Å². The van der Waals surface area contributed by atoms with E-state index in [2.05, 4.69) is 9.97 Å². The number of imidazole rings is 1. The summed E-state index contributed by atoms with van der Waals surface area (Å²) in [5.41, 5.74) is 3.68. The second kappa shape index (κ2) is 7.87. The van der Waals surface area contributed by atoms with Crippen LogP contribution in [0.3, 0.4) is 0 Å². The molecule has 0 saturated carbocycles. The molecule has 2 aromatic carbocycles. The average Bonchev–Trinajstić information content (AvgIpc) is 3.04. The van der Waals surface area contributed by atoms with E-state index in [-0.39, 0.29) is 12.2 Å². The highest BCUT2D eigenvalue weighted by atomic mass is 16.5. The highest BCUT2D eigenvalue weighted by Gasteiger charge is 2.12. The molecule has 152 valence electrons. The third-order valence-electron chi connectivity index (χ3n) is 4.80. The first kappa shape index (κ1) is 19.4. The van der Waals surface area contributed by atoms with Gasteiger partial charge in [-0.25, -0.2) is 9.78 Å². The molecule has 7 heteroatoms. The molecule has 0 unspecified atom stereocenters. The Bertz CT molecular complexity index is 1250. The molecule has 4 rings (SSSR count). The van der Waals surface area contributed by atoms with Gasteiger partial charge < -0.3 is 19.1 Å². The van der Waals surface area contributed by atoms with Gasteiger partial charge in [0.1, 0.15) is 29.7 Å². The van der Waals surface area contributed by atoms with Gasteiger partial charge in [0, 0.05) is 18.8 Å². The van der Waals surface area contributed by atoms with Gasteiger partial charge in [0.05, 0.1) is 22.3 Å². The van der Waals surface area contributed by atoms with Crippen molar-refractivity contribution in [2.75, 3.05) is 0 Å². The molecule has 0 fully saturated rings. The van der Waals surface area contributed by atoms with E-state index in [4.69, 9.17) is 14.6 Å². The number of carboxylic acid groups (broad SMARTS) is 1. The summed E-state index contributed by atoms with van der Waals surface area (Å²) < 4.78 is 13.7. The molecule has 0 aliphatic rings. The second-order valence-corrected chi connectivity index (χ2v) is 7.00. The molecule has 0 radical (unpaired) electrons. The van der Waals surface area contributed by atoms with Crippen LogP contribution in [0.25, 0.3) is 11.0 Å². The number of rotatable bonds is 6. The predicted octanol–water partition coefficient (Wildman–Crippen LogP) is 4.65. The third-order valence-corrected chi connectivity index (χ3v) is 4.80. The predicted molar refractivity (Wildman–Crippen MR) is 112 cm³/mol. The van der Waals surface area contributed by atoms with Crippen LogP contribution in [-0.2, 0) is 13.7 Å². The summed E-state index contributed by atoms with van der Waals surface area (Å²) in [6.45, 7) is 4.07. The smallest absolute Gasteiger partial charge is 0.335 e. The number of aromatic nitrogens is 3. The zero-order valence-corrected chi connectivity index (χ0v) is 16.9. The van der Waals surface area contributed by atoms with Gasteiger partial charge in [0.15, 0.2) is 0 Å². The molecule has 0 amide bonds. The molecule has 7 nitrogen and oxygen atoms in total. The molecule has 0 aliphatic heterocycles. The number of fused-ring (bicyclic) bond motifs is 1. The number of carboxylic acids is 1. The van der Waals surface area contributed by atoms with Crippen LogP contribution in [0.15, 0.2) is 54.6 Å². The topological polar surface area (TPSA) is 86.5 Å². The summed E-state index contributed by atoms with van der Waals surface area (Å²) in [5.74, 6) is 1.61. The zero-order chi connectivity index (χ0) is 21.3. The van der Waals surface area contributed by atoms with Crippen LogP contribution in [0.2, 0.25) is 0 Å². The number of nitrogens with zero attached hydrogens (tertiary/aromatic N) is 3. The maximum absolute atomic E-state index is 11.1. The number of hydrogen-bond donors (Lipinski definition) is 1. The average molecular weight is 403 g/mol. The summed E-state index contributed by atoms with van der Waals surface area (Å²) in [7, 11) is 1.91. The molecule has 4 aromatic rings. The van der Waals surface area contributed by atoms with E-state index in [9.17, 15) is 4.79 Å². The summed E-state index contributed by atoms with van der Waals surface area (Å²) in [5, 5.41) is 9.11. The number of aromatic carboxylic acids is 1. The van der Waals surface area contributed by atoms with E-state index in [1.165, 1.54) is 12.1 Å². The molecule has 0 saturated heterocycles. The number of carbonyl (C=O) groups is 1. The van der Waals surface area contributed by atoms with Crippen molar-refractivity contribution < 1.29 is 19.4 Å². The molecule has 30 heavy (non-hydrogen) atoms. The Morgan fingerprint density at radius 2 is 1.87 bits per heavy atom. The van der Waals surface area contributed by atoms with Crippen molar-refractivity contribution in [3.8, 4) is 17.2 Å². The fourth-order valence-corrected chi connectivity index (χ4v) is 3.19. The van der Waals surface area contributed by atoms with E-state index in [0.29, 0.717) is 17.2 Å². The molecule has 0 atom stereocenters. The molecule has 0 spiro atoms. The number of aryl methyl sites for hydroxylation is 3. The van der Waals surface area contributed by atoms with Gasteiger partial charge in [-0.05, 0) is 56.3 Å². The first-order valence-electron chi connectivity index (χ1n) is 9.44. The van der Waals surface area contributed by atoms with Crippen LogP contribution in [0.4, 0.5) is 0 Å². The van der Waals surface area contributed by atoms with Gasteiger partial charge in [0.2, 0.25) is 0 Å². The largest absolute Gasteiger partial charge is 0.486 e. The van der Waals surface area contributed by atoms with E-state index < -0.39 is 5.97 Å². The Kier molecular flexibility index (Phi) is 5.10. The Morgan fingerprint density at radius 1 is 1.03 bits per heavy atom. The minimum absolute atomic E-state index is 0.181. The molecule has 2 heterocycles. The van der Waals surface area contributed by atoms with Crippen molar-refractivity contribution in [3.63, 3.8) is 0 Å². The zero-order valence-electron chi connectivity index (χ0n) is 16.9. The van der Waals surface area contributed by atoms with E-state index >= 15 is 0 Å². The maximum Gasteiger partial charge on any atom is 0.335 e. The summed E-state index contributed by atoms with van der Waals surface area (Å²) in [4.78, 5) is 20.2. The van der Waals surface area contributed by atoms with Crippen molar-refractivity contribution >= 4 is 17.0 Å². The molecule has 0 aliphatic carbocycles. The van der Waals surface area contributed by atoms with Crippen LogP contribution < -0.4 is 9.47 Å². The highest BCUT2D eigenvalue weighted by Crippen LogP contribution is 2.28. The number of hydrogen-bond acceptors (Lipinski definition) is 5. The van der Waals surface area contributed by atoms with Gasteiger partial charge in [0.25, 0.3) is 0 Å². The van der Waals surface area contributed by atoms with Gasteiger partial charge in [-0.1, -0.05) is 6.07 Å². The van der Waals surface area contributed by atoms with Crippen LogP contribution in [-0.4, -0.2) is 25.6 Å². The highest BCUT2D eigenvalue weighted by molar-refractivity contribution is 5.88. The van der Waals surface area contributed by atoms with E-state index in [1.54, 1.807) is 12.1 Å². The molecule has 1 N–H and O–H groups in total. The number of pyridine rings is 1. The molecule has 2 aromatic heterocycles. The fraction of sp³-hybridized carbons (Fsp3) is 0.174. The lowest BCUT2D eigenvalue weighted by molar-refractivity contribution is 0.0696. The van der Waals surface area contributed by atoms with Gasteiger partial charge in [-0.2, -0.15) is 0 Å². The second-order valence-electron chi connectivity index (χ2n) is 7.00. The van der Waals surface area contributed by atoms with Crippen LogP contribution in [0, 0.1) is 13.8 Å². The minimum atomic E-state index is -0.991. The normalized spacial score (nSPS) is 10.9. The van der Waals surface area contributed by atoms with Gasteiger partial charge in [-0.15, -0.1) is 0 Å². The standard InChI is InChI=1S/C23H21N3O4/c1-14-7-10-21(15(2)24-14)30-18-8-9-19-20(12-18)26(3)22(25-19)13-29-17-6-4-5-16(11-17)23(27)28/h4-12H,13H2,1-3H3,(H,27,28). The quantitative estimate of drug-likeness (QED) is 0.504. The third kappa shape index (κ3) is 3.96. The summed E-state index contributed by atoms with van der Waals surface area (Å²) in [6.07, 6.45) is 0. The Labute approximate surface area is 173 Å². The van der Waals surface area contributed by atoms with E-state index in [1.807, 2.05) is 55.8 Å². The molecular weight excluding hydrogens is 382 g/mol. The van der Waals surface area contributed by atoms with Gasteiger partial charge >= 0.3 is 5.97 Å². The minimum Gasteiger partial charge on any atom is -0.486 e. The lowest BCUT2D eigenvalue weighted by Gasteiger charge is -2.09. The Balaban J connectivity index is 1.55. The van der Waals surface area contributed by atoms with Crippen molar-refractivity contribution in [2.45, 2.75) is 20.5 Å². The monoisotopic (exact) mass is 403 g/mol. The Morgan fingerprint density at radius 3 is 2.63 bits per heavy atom. The van der Waals surface area contributed by atoms with Crippen LogP contribution in [0.1, 0.15) is 27.6 Å². The van der Waals surface area contributed by atoms with Crippen molar-refractivity contribution in [1.82, 2.24) is 14.5 Å². The first-order chi connectivity index (χ1) is 14.4. The van der Waals surface area contributed by atoms with Crippen molar-refractivity contribution in [3.05, 3.63) is 77.4 Å². The number of ether oxygens (including phenoxy) is 2. The SMILES string of the molecule is Cc1ccc(Oc2ccc3nc(COc4cccc(C(=O)O)c4)n(C)c3c2)c(C)n1. The fourth-order valence-electron chi connectivity index (χ4n) is 3.19. The molecular formula is C23H21N3O4. The van der Waals surface area contributed by atoms with Crippen LogP contribution in [0.5, 0.6) is 17.2 Å². The lowest BCUT2D eigenvalue weighted by Crippen LogP contribution is -2.04. The summed E-state index contributed by atoms with van der Waals surface area (Å²) >= 11 is 0. The van der Waals surface area contributed by atoms with Gasteiger partial charge in [-0.3, -0.25) is 4.98 Å². The van der Waals surface area contributed by atoms with Crippen molar-refractivity contribution in [1.29, 1.82) is 0 Å². The lowest BCUT2D eigenvalue weighted by atomic mass is 10.2. The Hall–Kier alpha value is -3.87. The molecule has 0 bridgehead atoms. The summed E-state index contributed by atoms with van der Waals surface area (Å²) in [6, 6.07) is 15.9. The first-order valence-corrected chi connectivity index (χ1v) is 9.44. The van der Waals surface area contributed by atoms with Crippen LogP contribution >= 0.6 is 0 Å². The number of benzene rings is 2. The van der Waals surface area contributed by atoms with Crippen molar-refractivity contribution in [2.24, 2.45) is 7.05 Å². The maximum atomic E-state index is 11.1.